The quantitative estimate of drug-likeness (QED) is 0.806. The fourth-order valence-corrected chi connectivity index (χ4v) is 1.44. The number of hydrogen-bond acceptors (Lipinski definition) is 1. The fraction of sp³-hybridized carbons (Fsp3) is 0.273. The van der Waals surface area contributed by atoms with Crippen LogP contribution in [0.3, 0.4) is 0 Å². The number of halogens is 3. The molecule has 0 bridgehead atoms. The molecule has 0 heterocycles. The molecule has 0 saturated heterocycles. The van der Waals surface area contributed by atoms with Gasteiger partial charge in [0.15, 0.2) is 0 Å². The van der Waals surface area contributed by atoms with Crippen LogP contribution >= 0.6 is 24.0 Å². The molecule has 0 aliphatic heterocycles. The van der Waals surface area contributed by atoms with Crippen LogP contribution in [0.15, 0.2) is 30.9 Å². The second kappa shape index (κ2) is 6.83. The second-order valence-electron chi connectivity index (χ2n) is 3.12. The van der Waals surface area contributed by atoms with Crippen molar-refractivity contribution in [2.75, 3.05) is 0 Å². The maximum absolute atomic E-state index is 13.4. The van der Waals surface area contributed by atoms with Gasteiger partial charge in [0.25, 0.3) is 0 Å². The first-order chi connectivity index (χ1) is 6.66. The molecular formula is C11H14Cl2FN. The molecule has 84 valence electrons. The molecule has 1 rings (SSSR count). The lowest BCUT2D eigenvalue weighted by atomic mass is 10.0. The third-order valence-corrected chi connectivity index (χ3v) is 2.35. The SMILES string of the molecule is C=CCC[C@H](N)c1cccc(Cl)c1F.Cl. The lowest BCUT2D eigenvalue weighted by Gasteiger charge is -2.12. The standard InChI is InChI=1S/C11H13ClFN.ClH/c1-2-3-7-10(14)8-5-4-6-9(12)11(8)13;/h2,4-6,10H,1,3,7,14H2;1H/t10-;/m0./s1. The van der Waals surface area contributed by atoms with Crippen molar-refractivity contribution < 1.29 is 4.39 Å². The summed E-state index contributed by atoms with van der Waals surface area (Å²) in [5.74, 6) is -0.411. The Morgan fingerprint density at radius 2 is 2.20 bits per heavy atom. The van der Waals surface area contributed by atoms with Gasteiger partial charge in [-0.2, -0.15) is 0 Å². The zero-order valence-corrected chi connectivity index (χ0v) is 9.82. The number of hydrogen-bond donors (Lipinski definition) is 1. The van der Waals surface area contributed by atoms with Crippen molar-refractivity contribution >= 4 is 24.0 Å². The van der Waals surface area contributed by atoms with Crippen molar-refractivity contribution in [2.24, 2.45) is 5.73 Å². The summed E-state index contributed by atoms with van der Waals surface area (Å²) in [5, 5.41) is 0.122. The highest BCUT2D eigenvalue weighted by atomic mass is 35.5. The van der Waals surface area contributed by atoms with E-state index in [-0.39, 0.29) is 23.5 Å². The van der Waals surface area contributed by atoms with E-state index >= 15 is 0 Å². The topological polar surface area (TPSA) is 26.0 Å². The van der Waals surface area contributed by atoms with E-state index in [2.05, 4.69) is 6.58 Å². The summed E-state index contributed by atoms with van der Waals surface area (Å²) in [6.45, 7) is 3.59. The molecule has 0 amide bonds. The van der Waals surface area contributed by atoms with E-state index in [0.717, 1.165) is 6.42 Å². The van der Waals surface area contributed by atoms with Crippen LogP contribution < -0.4 is 5.73 Å². The molecule has 4 heteroatoms. The van der Waals surface area contributed by atoms with Gasteiger partial charge in [-0.05, 0) is 18.9 Å². The molecule has 0 aliphatic carbocycles. The molecule has 0 radical (unpaired) electrons. The molecule has 0 fully saturated rings. The van der Waals surface area contributed by atoms with E-state index in [1.807, 2.05) is 0 Å². The van der Waals surface area contributed by atoms with Crippen LogP contribution in [0.5, 0.6) is 0 Å². The van der Waals surface area contributed by atoms with Crippen molar-refractivity contribution in [2.45, 2.75) is 18.9 Å². The van der Waals surface area contributed by atoms with Crippen molar-refractivity contribution in [1.82, 2.24) is 0 Å². The summed E-state index contributed by atoms with van der Waals surface area (Å²) in [7, 11) is 0. The van der Waals surface area contributed by atoms with Gasteiger partial charge in [0.05, 0.1) is 5.02 Å². The lowest BCUT2D eigenvalue weighted by Crippen LogP contribution is -2.11. The summed E-state index contributed by atoms with van der Waals surface area (Å²) in [6, 6.07) is 4.57. The fourth-order valence-electron chi connectivity index (χ4n) is 1.26. The number of rotatable bonds is 4. The van der Waals surface area contributed by atoms with E-state index in [4.69, 9.17) is 17.3 Å². The molecule has 0 aliphatic rings. The van der Waals surface area contributed by atoms with Crippen LogP contribution in [-0.4, -0.2) is 0 Å². The van der Waals surface area contributed by atoms with Crippen molar-refractivity contribution in [1.29, 1.82) is 0 Å². The van der Waals surface area contributed by atoms with Crippen molar-refractivity contribution in [3.63, 3.8) is 0 Å². The predicted octanol–water partition coefficient (Wildman–Crippen LogP) is 3.87. The zero-order valence-electron chi connectivity index (χ0n) is 8.25. The van der Waals surface area contributed by atoms with E-state index in [1.165, 1.54) is 6.07 Å². The lowest BCUT2D eigenvalue weighted by molar-refractivity contribution is 0.567. The van der Waals surface area contributed by atoms with Gasteiger partial charge >= 0.3 is 0 Å². The van der Waals surface area contributed by atoms with E-state index in [1.54, 1.807) is 18.2 Å². The smallest absolute Gasteiger partial charge is 0.146 e. The van der Waals surface area contributed by atoms with Gasteiger partial charge < -0.3 is 5.73 Å². The Labute approximate surface area is 101 Å². The number of benzene rings is 1. The van der Waals surface area contributed by atoms with Gasteiger partial charge in [0.1, 0.15) is 5.82 Å². The van der Waals surface area contributed by atoms with Crippen LogP contribution in [0, 0.1) is 5.82 Å². The first-order valence-electron chi connectivity index (χ1n) is 4.47. The third kappa shape index (κ3) is 3.82. The van der Waals surface area contributed by atoms with E-state index in [0.29, 0.717) is 12.0 Å². The molecule has 0 aromatic heterocycles. The monoisotopic (exact) mass is 249 g/mol. The minimum atomic E-state index is -0.411. The zero-order chi connectivity index (χ0) is 10.6. The van der Waals surface area contributed by atoms with Gasteiger partial charge in [-0.3, -0.25) is 0 Å². The highest BCUT2D eigenvalue weighted by molar-refractivity contribution is 6.30. The molecule has 1 atom stereocenters. The first-order valence-corrected chi connectivity index (χ1v) is 4.85. The van der Waals surface area contributed by atoms with Gasteiger partial charge in [-0.25, -0.2) is 4.39 Å². The molecule has 2 N–H and O–H groups in total. The van der Waals surface area contributed by atoms with Crippen LogP contribution in [-0.2, 0) is 0 Å². The Balaban J connectivity index is 0.00000196. The molecule has 0 unspecified atom stereocenters. The van der Waals surface area contributed by atoms with Crippen LogP contribution in [0.1, 0.15) is 24.4 Å². The first kappa shape index (κ1) is 14.4. The maximum atomic E-state index is 13.4. The Kier molecular flexibility index (Phi) is 6.57. The van der Waals surface area contributed by atoms with Gasteiger partial charge in [-0.1, -0.05) is 29.8 Å². The largest absolute Gasteiger partial charge is 0.324 e. The molecule has 15 heavy (non-hydrogen) atoms. The van der Waals surface area contributed by atoms with E-state index in [9.17, 15) is 4.39 Å². The summed E-state index contributed by atoms with van der Waals surface area (Å²) in [6.07, 6.45) is 3.22. The normalized spacial score (nSPS) is 11.7. The maximum Gasteiger partial charge on any atom is 0.146 e. The summed E-state index contributed by atoms with van der Waals surface area (Å²) < 4.78 is 13.4. The summed E-state index contributed by atoms with van der Waals surface area (Å²) in [5.41, 5.74) is 6.28. The van der Waals surface area contributed by atoms with Crippen molar-refractivity contribution in [3.05, 3.63) is 47.3 Å². The highest BCUT2D eigenvalue weighted by Crippen LogP contribution is 2.24. The van der Waals surface area contributed by atoms with Crippen LogP contribution in [0.4, 0.5) is 4.39 Å². The minimum Gasteiger partial charge on any atom is -0.324 e. The molecule has 1 aromatic rings. The van der Waals surface area contributed by atoms with E-state index < -0.39 is 5.82 Å². The highest BCUT2D eigenvalue weighted by Gasteiger charge is 2.12. The van der Waals surface area contributed by atoms with Gasteiger partial charge in [0, 0.05) is 11.6 Å². The second-order valence-corrected chi connectivity index (χ2v) is 3.52. The Bertz CT molecular complexity index is 328. The Morgan fingerprint density at radius 3 is 2.80 bits per heavy atom. The minimum absolute atomic E-state index is 0. The number of nitrogens with two attached hydrogens (primary N) is 1. The number of allylic oxidation sites excluding steroid dienone is 1. The van der Waals surface area contributed by atoms with Gasteiger partial charge in [-0.15, -0.1) is 19.0 Å². The summed E-state index contributed by atoms with van der Waals surface area (Å²) >= 11 is 5.64. The summed E-state index contributed by atoms with van der Waals surface area (Å²) in [4.78, 5) is 0. The predicted molar refractivity (Wildman–Crippen MR) is 65.0 cm³/mol. The third-order valence-electron chi connectivity index (χ3n) is 2.06. The average molecular weight is 250 g/mol. The van der Waals surface area contributed by atoms with Crippen LogP contribution in [0.25, 0.3) is 0 Å². The molecule has 1 aromatic carbocycles. The average Bonchev–Trinajstić information content (AvgIpc) is 2.18. The Morgan fingerprint density at radius 1 is 1.53 bits per heavy atom. The van der Waals surface area contributed by atoms with Gasteiger partial charge in [0.2, 0.25) is 0 Å². The molecular weight excluding hydrogens is 236 g/mol. The molecule has 0 saturated carbocycles. The van der Waals surface area contributed by atoms with Crippen LogP contribution in [0.2, 0.25) is 5.02 Å². The molecule has 0 spiro atoms. The molecule has 1 nitrogen and oxygen atoms in total. The van der Waals surface area contributed by atoms with Crippen molar-refractivity contribution in [3.8, 4) is 0 Å². The Hall–Kier alpha value is -0.570.